The summed E-state index contributed by atoms with van der Waals surface area (Å²) in [6.45, 7) is 4.53. The molecule has 0 amide bonds. The van der Waals surface area contributed by atoms with E-state index in [-0.39, 0.29) is 11.6 Å². The Bertz CT molecular complexity index is 712. The van der Waals surface area contributed by atoms with E-state index in [4.69, 9.17) is 12.2 Å². The molecule has 19 heavy (non-hydrogen) atoms. The van der Waals surface area contributed by atoms with Crippen LogP contribution < -0.4 is 5.56 Å². The van der Waals surface area contributed by atoms with E-state index in [1.165, 1.54) is 24.2 Å². The molecule has 0 bridgehead atoms. The van der Waals surface area contributed by atoms with Gasteiger partial charge >= 0.3 is 0 Å². The van der Waals surface area contributed by atoms with Crippen LogP contribution in [0.5, 0.6) is 0 Å². The average Bonchev–Trinajstić information content (AvgIpc) is 2.80. The fourth-order valence-corrected chi connectivity index (χ4v) is 4.45. The van der Waals surface area contributed by atoms with Crippen molar-refractivity contribution in [2.24, 2.45) is 11.8 Å². The van der Waals surface area contributed by atoms with Crippen molar-refractivity contribution >= 4 is 33.8 Å². The minimum absolute atomic E-state index is 0.0754. The molecule has 3 atom stereocenters. The summed E-state index contributed by atoms with van der Waals surface area (Å²) in [7, 11) is 0. The molecule has 2 aromatic heterocycles. The Kier molecular flexibility index (Phi) is 3.35. The van der Waals surface area contributed by atoms with E-state index >= 15 is 0 Å². The number of aromatic amines is 1. The van der Waals surface area contributed by atoms with Gasteiger partial charge in [0.15, 0.2) is 4.77 Å². The maximum Gasteiger partial charge on any atom is 0.263 e. The van der Waals surface area contributed by atoms with Crippen molar-refractivity contribution in [2.45, 2.75) is 39.2 Å². The zero-order chi connectivity index (χ0) is 13.6. The fraction of sp³-hybridized carbons (Fsp3) is 0.571. The second kappa shape index (κ2) is 4.87. The van der Waals surface area contributed by atoms with Crippen LogP contribution in [0.15, 0.2) is 16.2 Å². The summed E-state index contributed by atoms with van der Waals surface area (Å²) in [6, 6.07) is 2.14. The third kappa shape index (κ3) is 2.19. The largest absolute Gasteiger partial charge is 0.323 e. The lowest BCUT2D eigenvalue weighted by atomic mass is 9.80. The van der Waals surface area contributed by atoms with Gasteiger partial charge in [0, 0.05) is 6.04 Å². The Morgan fingerprint density at radius 3 is 2.95 bits per heavy atom. The van der Waals surface area contributed by atoms with E-state index in [2.05, 4.69) is 18.8 Å². The monoisotopic (exact) mass is 294 g/mol. The van der Waals surface area contributed by atoms with Crippen LogP contribution in [0.25, 0.3) is 10.2 Å². The first-order chi connectivity index (χ1) is 9.08. The molecule has 1 fully saturated rings. The van der Waals surface area contributed by atoms with Gasteiger partial charge in [-0.3, -0.25) is 9.36 Å². The summed E-state index contributed by atoms with van der Waals surface area (Å²) in [5.41, 5.74) is 0.0754. The molecule has 1 aliphatic carbocycles. The molecular formula is C14H18N2OS2. The second-order valence-corrected chi connectivity index (χ2v) is 7.03. The van der Waals surface area contributed by atoms with Crippen LogP contribution in [-0.4, -0.2) is 9.55 Å². The Labute approximate surface area is 121 Å². The highest BCUT2D eigenvalue weighted by Gasteiger charge is 2.28. The molecular weight excluding hydrogens is 276 g/mol. The van der Waals surface area contributed by atoms with Crippen LogP contribution in [0.2, 0.25) is 0 Å². The average molecular weight is 294 g/mol. The molecule has 2 aromatic rings. The van der Waals surface area contributed by atoms with Gasteiger partial charge in [0.25, 0.3) is 5.56 Å². The zero-order valence-electron chi connectivity index (χ0n) is 11.2. The van der Waals surface area contributed by atoms with Crippen LogP contribution in [0.4, 0.5) is 0 Å². The summed E-state index contributed by atoms with van der Waals surface area (Å²) in [6.07, 6.45) is 3.40. The SMILES string of the molecule is CC1CCC(n2c(=S)[nH]c3sccc3c2=O)C(C)C1. The number of aromatic nitrogens is 2. The van der Waals surface area contributed by atoms with Crippen LogP contribution >= 0.6 is 23.6 Å². The van der Waals surface area contributed by atoms with Gasteiger partial charge in [-0.15, -0.1) is 11.3 Å². The lowest BCUT2D eigenvalue weighted by molar-refractivity contribution is 0.202. The maximum atomic E-state index is 12.6. The van der Waals surface area contributed by atoms with E-state index in [1.54, 1.807) is 0 Å². The van der Waals surface area contributed by atoms with Crippen LogP contribution in [0.1, 0.15) is 39.2 Å². The van der Waals surface area contributed by atoms with Crippen molar-refractivity contribution in [1.82, 2.24) is 9.55 Å². The smallest absolute Gasteiger partial charge is 0.263 e. The zero-order valence-corrected chi connectivity index (χ0v) is 12.8. The second-order valence-electron chi connectivity index (χ2n) is 5.73. The molecule has 1 saturated carbocycles. The van der Waals surface area contributed by atoms with Gasteiger partial charge in [-0.25, -0.2) is 0 Å². The predicted molar refractivity (Wildman–Crippen MR) is 82.5 cm³/mol. The first-order valence-electron chi connectivity index (χ1n) is 6.80. The van der Waals surface area contributed by atoms with Crippen molar-refractivity contribution < 1.29 is 0 Å². The van der Waals surface area contributed by atoms with Gasteiger partial charge in [-0.05, 0) is 54.8 Å². The quantitative estimate of drug-likeness (QED) is 0.803. The minimum Gasteiger partial charge on any atom is -0.323 e. The van der Waals surface area contributed by atoms with Crippen molar-refractivity contribution in [2.75, 3.05) is 0 Å². The number of fused-ring (bicyclic) bond motifs is 1. The minimum atomic E-state index is 0.0754. The number of rotatable bonds is 1. The third-order valence-corrected chi connectivity index (χ3v) is 5.40. The summed E-state index contributed by atoms with van der Waals surface area (Å²) in [4.78, 5) is 16.7. The normalized spacial score (nSPS) is 27.8. The van der Waals surface area contributed by atoms with Crippen molar-refractivity contribution in [3.63, 3.8) is 0 Å². The van der Waals surface area contributed by atoms with E-state index in [1.807, 2.05) is 16.0 Å². The van der Waals surface area contributed by atoms with Gasteiger partial charge in [0.05, 0.1) is 5.39 Å². The Balaban J connectivity index is 2.14. The Morgan fingerprint density at radius 1 is 1.42 bits per heavy atom. The van der Waals surface area contributed by atoms with Crippen molar-refractivity contribution in [3.05, 3.63) is 26.6 Å². The van der Waals surface area contributed by atoms with Crippen LogP contribution in [0, 0.1) is 16.6 Å². The molecule has 0 radical (unpaired) electrons. The highest BCUT2D eigenvalue weighted by molar-refractivity contribution is 7.71. The van der Waals surface area contributed by atoms with Crippen molar-refractivity contribution in [3.8, 4) is 0 Å². The van der Waals surface area contributed by atoms with E-state index in [9.17, 15) is 4.79 Å². The lowest BCUT2D eigenvalue weighted by Gasteiger charge is -2.33. The number of thiophene rings is 1. The first-order valence-corrected chi connectivity index (χ1v) is 8.08. The lowest BCUT2D eigenvalue weighted by Crippen LogP contribution is -2.33. The fourth-order valence-electron chi connectivity index (χ4n) is 3.29. The van der Waals surface area contributed by atoms with Crippen LogP contribution in [0.3, 0.4) is 0 Å². The number of H-pyrrole nitrogens is 1. The van der Waals surface area contributed by atoms with Gasteiger partial charge < -0.3 is 4.98 Å². The van der Waals surface area contributed by atoms with Crippen LogP contribution in [-0.2, 0) is 0 Å². The molecule has 0 aromatic carbocycles. The highest BCUT2D eigenvalue weighted by atomic mass is 32.1. The molecule has 1 N–H and O–H groups in total. The molecule has 3 unspecified atom stereocenters. The number of hydrogen-bond acceptors (Lipinski definition) is 3. The van der Waals surface area contributed by atoms with Gasteiger partial charge in [0.1, 0.15) is 4.83 Å². The molecule has 1 aliphatic rings. The molecule has 0 aliphatic heterocycles. The van der Waals surface area contributed by atoms with Gasteiger partial charge in [-0.2, -0.15) is 0 Å². The first kappa shape index (κ1) is 13.1. The number of hydrogen-bond donors (Lipinski definition) is 1. The summed E-state index contributed by atoms with van der Waals surface area (Å²) >= 11 is 6.95. The maximum absolute atomic E-state index is 12.6. The Hall–Kier alpha value is -0.940. The third-order valence-electron chi connectivity index (χ3n) is 4.27. The summed E-state index contributed by atoms with van der Waals surface area (Å²) in [5, 5.41) is 2.71. The topological polar surface area (TPSA) is 37.8 Å². The molecule has 3 nitrogen and oxygen atoms in total. The predicted octanol–water partition coefficient (Wildman–Crippen LogP) is 4.12. The van der Waals surface area contributed by atoms with E-state index in [0.717, 1.165) is 22.6 Å². The number of nitrogens with zero attached hydrogens (tertiary/aromatic N) is 1. The molecule has 5 heteroatoms. The van der Waals surface area contributed by atoms with E-state index < -0.39 is 0 Å². The molecule has 0 spiro atoms. The molecule has 102 valence electrons. The summed E-state index contributed by atoms with van der Waals surface area (Å²) in [5.74, 6) is 1.26. The molecule has 0 saturated heterocycles. The standard InChI is InChI=1S/C14H18N2OS2/c1-8-3-4-11(9(2)7-8)16-13(17)10-5-6-19-12(10)15-14(16)18/h5-6,8-9,11H,3-4,7H2,1-2H3,(H,15,18). The van der Waals surface area contributed by atoms with Gasteiger partial charge in [-0.1, -0.05) is 13.8 Å². The number of nitrogens with one attached hydrogen (secondary N) is 1. The molecule has 3 rings (SSSR count). The van der Waals surface area contributed by atoms with E-state index in [0.29, 0.717) is 10.7 Å². The molecule has 2 heterocycles. The Morgan fingerprint density at radius 2 is 2.21 bits per heavy atom. The highest BCUT2D eigenvalue weighted by Crippen LogP contribution is 2.36. The van der Waals surface area contributed by atoms with Crippen molar-refractivity contribution in [1.29, 1.82) is 0 Å². The van der Waals surface area contributed by atoms with Gasteiger partial charge in [0.2, 0.25) is 0 Å². The summed E-state index contributed by atoms with van der Waals surface area (Å²) < 4.78 is 2.40.